The summed E-state index contributed by atoms with van der Waals surface area (Å²) >= 11 is 0. The highest BCUT2D eigenvalue weighted by atomic mass is 16.1. The van der Waals surface area contributed by atoms with Gasteiger partial charge in [-0.15, -0.1) is 0 Å². The number of piperidine rings is 1. The molecule has 1 amide bonds. The average Bonchev–Trinajstić information content (AvgIpc) is 2.73. The summed E-state index contributed by atoms with van der Waals surface area (Å²) in [6.07, 6.45) is 6.85. The van der Waals surface area contributed by atoms with Gasteiger partial charge in [0.1, 0.15) is 5.52 Å². The maximum Gasteiger partial charge on any atom is 0.223 e. The second kappa shape index (κ2) is 8.15. The van der Waals surface area contributed by atoms with Gasteiger partial charge in [0.15, 0.2) is 5.65 Å². The Morgan fingerprint density at radius 2 is 1.86 bits per heavy atom. The highest BCUT2D eigenvalue weighted by molar-refractivity contribution is 5.79. The minimum atomic E-state index is 0.0180. The van der Waals surface area contributed by atoms with E-state index in [1.165, 1.54) is 16.7 Å². The smallest absolute Gasteiger partial charge is 0.223 e. The molecule has 29 heavy (non-hydrogen) atoms. The van der Waals surface area contributed by atoms with Gasteiger partial charge in [-0.05, 0) is 50.8 Å². The van der Waals surface area contributed by atoms with Gasteiger partial charge in [-0.3, -0.25) is 9.78 Å². The summed E-state index contributed by atoms with van der Waals surface area (Å²) in [5, 5.41) is 3.22. The van der Waals surface area contributed by atoms with Crippen LogP contribution in [0.25, 0.3) is 11.2 Å². The van der Waals surface area contributed by atoms with Gasteiger partial charge in [0.2, 0.25) is 5.91 Å². The molecule has 1 aliphatic heterocycles. The number of anilines is 1. The summed E-state index contributed by atoms with van der Waals surface area (Å²) in [5.41, 5.74) is 6.15. The monoisotopic (exact) mass is 389 g/mol. The highest BCUT2D eigenvalue weighted by Crippen LogP contribution is 2.26. The first kappa shape index (κ1) is 19.3. The van der Waals surface area contributed by atoms with Crippen LogP contribution < -0.4 is 10.2 Å². The Balaban J connectivity index is 1.36. The van der Waals surface area contributed by atoms with E-state index in [1.807, 2.05) is 12.3 Å². The molecule has 2 aromatic heterocycles. The van der Waals surface area contributed by atoms with E-state index in [4.69, 9.17) is 0 Å². The summed E-state index contributed by atoms with van der Waals surface area (Å²) < 4.78 is 0. The van der Waals surface area contributed by atoms with Crippen molar-refractivity contribution in [2.24, 2.45) is 5.92 Å². The molecule has 6 nitrogen and oxygen atoms in total. The highest BCUT2D eigenvalue weighted by Gasteiger charge is 2.26. The predicted octanol–water partition coefficient (Wildman–Crippen LogP) is 3.74. The van der Waals surface area contributed by atoms with Crippen molar-refractivity contribution in [3.05, 3.63) is 59.5 Å². The third-order valence-corrected chi connectivity index (χ3v) is 5.79. The van der Waals surface area contributed by atoms with Crippen LogP contribution in [0.5, 0.6) is 0 Å². The number of nitrogens with one attached hydrogen (secondary N) is 1. The molecule has 0 bridgehead atoms. The SMILES string of the molecule is Cc1ccc(C(C)NC(=O)C2CCN(c3cnc4nccnc4c3)CC2)c(C)c1. The minimum Gasteiger partial charge on any atom is -0.370 e. The summed E-state index contributed by atoms with van der Waals surface area (Å²) in [7, 11) is 0. The zero-order valence-electron chi connectivity index (χ0n) is 17.2. The molecule has 1 N–H and O–H groups in total. The molecule has 150 valence electrons. The van der Waals surface area contributed by atoms with Crippen LogP contribution in [0.2, 0.25) is 0 Å². The molecule has 0 radical (unpaired) electrons. The van der Waals surface area contributed by atoms with E-state index in [2.05, 4.69) is 64.1 Å². The Labute approximate surface area is 171 Å². The summed E-state index contributed by atoms with van der Waals surface area (Å²) in [5.74, 6) is 0.201. The van der Waals surface area contributed by atoms with Gasteiger partial charge in [0.05, 0.1) is 17.9 Å². The molecule has 0 saturated carbocycles. The third kappa shape index (κ3) is 4.21. The number of amides is 1. The first-order valence-corrected chi connectivity index (χ1v) is 10.2. The maximum atomic E-state index is 12.8. The van der Waals surface area contributed by atoms with Crippen molar-refractivity contribution in [1.29, 1.82) is 0 Å². The van der Waals surface area contributed by atoms with Crippen molar-refractivity contribution in [3.8, 4) is 0 Å². The fourth-order valence-corrected chi connectivity index (χ4v) is 4.14. The van der Waals surface area contributed by atoms with Crippen molar-refractivity contribution >= 4 is 22.8 Å². The van der Waals surface area contributed by atoms with E-state index in [9.17, 15) is 4.79 Å². The van der Waals surface area contributed by atoms with Crippen molar-refractivity contribution < 1.29 is 4.79 Å². The van der Waals surface area contributed by atoms with Crippen LogP contribution in [-0.4, -0.2) is 33.9 Å². The van der Waals surface area contributed by atoms with E-state index in [0.29, 0.717) is 5.65 Å². The Morgan fingerprint density at radius 3 is 2.62 bits per heavy atom. The van der Waals surface area contributed by atoms with E-state index in [0.717, 1.165) is 37.1 Å². The van der Waals surface area contributed by atoms with Crippen LogP contribution in [0, 0.1) is 19.8 Å². The van der Waals surface area contributed by atoms with Gasteiger partial charge in [-0.25, -0.2) is 9.97 Å². The number of rotatable bonds is 4. The molecule has 6 heteroatoms. The molecule has 1 unspecified atom stereocenters. The largest absolute Gasteiger partial charge is 0.370 e. The van der Waals surface area contributed by atoms with Crippen LogP contribution in [-0.2, 0) is 4.79 Å². The molecule has 1 fully saturated rings. The molecule has 0 spiro atoms. The number of hydrogen-bond donors (Lipinski definition) is 1. The number of aryl methyl sites for hydroxylation is 2. The molecule has 3 heterocycles. The first-order chi connectivity index (χ1) is 14.0. The molecule has 3 aromatic rings. The lowest BCUT2D eigenvalue weighted by Gasteiger charge is -2.33. The Bertz CT molecular complexity index is 1030. The van der Waals surface area contributed by atoms with Gasteiger partial charge >= 0.3 is 0 Å². The molecule has 0 aliphatic carbocycles. The summed E-state index contributed by atoms with van der Waals surface area (Å²) in [6.45, 7) is 7.93. The van der Waals surface area contributed by atoms with Crippen molar-refractivity contribution in [3.63, 3.8) is 0 Å². The van der Waals surface area contributed by atoms with Gasteiger partial charge in [0, 0.05) is 31.4 Å². The number of carbonyl (C=O) groups excluding carboxylic acids is 1. The summed E-state index contributed by atoms with van der Waals surface area (Å²) in [4.78, 5) is 28.1. The number of hydrogen-bond acceptors (Lipinski definition) is 5. The predicted molar refractivity (Wildman–Crippen MR) is 115 cm³/mol. The van der Waals surface area contributed by atoms with Crippen molar-refractivity contribution in [2.45, 2.75) is 39.7 Å². The molecule has 4 rings (SSSR count). The number of aromatic nitrogens is 3. The second-order valence-corrected chi connectivity index (χ2v) is 7.94. The first-order valence-electron chi connectivity index (χ1n) is 10.2. The number of pyridine rings is 1. The van der Waals surface area contributed by atoms with Crippen LogP contribution in [0.4, 0.5) is 5.69 Å². The lowest BCUT2D eigenvalue weighted by molar-refractivity contribution is -0.126. The normalized spacial score (nSPS) is 16.0. The van der Waals surface area contributed by atoms with Crippen LogP contribution in [0.3, 0.4) is 0 Å². The van der Waals surface area contributed by atoms with Crippen molar-refractivity contribution in [2.75, 3.05) is 18.0 Å². The van der Waals surface area contributed by atoms with E-state index >= 15 is 0 Å². The lowest BCUT2D eigenvalue weighted by atomic mass is 9.94. The molecular formula is C23H27N5O. The number of benzene rings is 1. The Kier molecular flexibility index (Phi) is 5.43. The molecule has 1 aliphatic rings. The maximum absolute atomic E-state index is 12.8. The molecular weight excluding hydrogens is 362 g/mol. The summed E-state index contributed by atoms with van der Waals surface area (Å²) in [6, 6.07) is 8.43. The second-order valence-electron chi connectivity index (χ2n) is 7.94. The fraction of sp³-hybridized carbons (Fsp3) is 0.391. The Morgan fingerprint density at radius 1 is 1.10 bits per heavy atom. The van der Waals surface area contributed by atoms with E-state index in [-0.39, 0.29) is 17.9 Å². The molecule has 1 atom stereocenters. The van der Waals surface area contributed by atoms with Crippen LogP contribution in [0.1, 0.15) is 42.5 Å². The average molecular weight is 390 g/mol. The van der Waals surface area contributed by atoms with Crippen LogP contribution in [0.15, 0.2) is 42.9 Å². The number of nitrogens with zero attached hydrogens (tertiary/aromatic N) is 4. The molecule has 1 saturated heterocycles. The minimum absolute atomic E-state index is 0.0180. The zero-order valence-corrected chi connectivity index (χ0v) is 17.2. The van der Waals surface area contributed by atoms with E-state index < -0.39 is 0 Å². The molecule has 1 aromatic carbocycles. The standard InChI is InChI=1S/C23H27N5O/c1-15-4-5-20(16(2)12-15)17(3)27-23(29)18-6-10-28(11-7-18)19-13-21-22(26-14-19)25-9-8-24-21/h4-5,8-9,12-14,17-18H,6-7,10-11H2,1-3H3,(H,27,29). The quantitative estimate of drug-likeness (QED) is 0.736. The zero-order chi connectivity index (χ0) is 20.4. The fourth-order valence-electron chi connectivity index (χ4n) is 4.14. The van der Waals surface area contributed by atoms with Gasteiger partial charge in [0.25, 0.3) is 0 Å². The van der Waals surface area contributed by atoms with Gasteiger partial charge in [-0.2, -0.15) is 0 Å². The number of fused-ring (bicyclic) bond motifs is 1. The Hall–Kier alpha value is -3.02. The van der Waals surface area contributed by atoms with E-state index in [1.54, 1.807) is 12.4 Å². The van der Waals surface area contributed by atoms with Gasteiger partial charge in [-0.1, -0.05) is 23.8 Å². The third-order valence-electron chi connectivity index (χ3n) is 5.79. The van der Waals surface area contributed by atoms with Gasteiger partial charge < -0.3 is 10.2 Å². The van der Waals surface area contributed by atoms with Crippen molar-refractivity contribution in [1.82, 2.24) is 20.3 Å². The van der Waals surface area contributed by atoms with Crippen LogP contribution >= 0.6 is 0 Å². The number of carbonyl (C=O) groups is 1. The topological polar surface area (TPSA) is 71.0 Å². The lowest BCUT2D eigenvalue weighted by Crippen LogP contribution is -2.41.